The van der Waals surface area contributed by atoms with Crippen LogP contribution in [-0.2, 0) is 9.47 Å². The molecule has 3 unspecified atom stereocenters. The third-order valence-electron chi connectivity index (χ3n) is 3.39. The largest absolute Gasteiger partial charge is 0.444 e. The fourth-order valence-electron chi connectivity index (χ4n) is 2.37. The van der Waals surface area contributed by atoms with Crippen LogP contribution in [0.2, 0.25) is 0 Å². The van der Waals surface area contributed by atoms with Gasteiger partial charge >= 0.3 is 6.09 Å². The SMILES string of the molecule is CC(C)(C)OC(=O)NC1CC1NC1CCCOCC1. The minimum atomic E-state index is -0.430. The number of carbonyl (C=O) groups is 1. The van der Waals surface area contributed by atoms with Gasteiger partial charge in [-0.25, -0.2) is 4.79 Å². The van der Waals surface area contributed by atoms with Gasteiger partial charge in [0.05, 0.1) is 0 Å². The highest BCUT2D eigenvalue weighted by molar-refractivity contribution is 5.68. The van der Waals surface area contributed by atoms with Crippen LogP contribution in [0.15, 0.2) is 0 Å². The minimum Gasteiger partial charge on any atom is -0.444 e. The molecule has 1 aliphatic carbocycles. The van der Waals surface area contributed by atoms with Crippen molar-refractivity contribution < 1.29 is 14.3 Å². The standard InChI is InChI=1S/C14H26N2O3/c1-14(2,3)19-13(17)16-12-9-11(12)15-10-5-4-7-18-8-6-10/h10-12,15H,4-9H2,1-3H3,(H,16,17). The average molecular weight is 270 g/mol. The Morgan fingerprint density at radius 1 is 1.21 bits per heavy atom. The fraction of sp³-hybridized carbons (Fsp3) is 0.929. The first-order valence-electron chi connectivity index (χ1n) is 7.27. The topological polar surface area (TPSA) is 59.6 Å². The predicted molar refractivity (Wildman–Crippen MR) is 73.2 cm³/mol. The van der Waals surface area contributed by atoms with Gasteiger partial charge in [-0.1, -0.05) is 0 Å². The van der Waals surface area contributed by atoms with E-state index in [1.54, 1.807) is 0 Å². The van der Waals surface area contributed by atoms with E-state index in [4.69, 9.17) is 9.47 Å². The lowest BCUT2D eigenvalue weighted by Crippen LogP contribution is -2.39. The van der Waals surface area contributed by atoms with Crippen molar-refractivity contribution >= 4 is 6.09 Å². The van der Waals surface area contributed by atoms with Crippen molar-refractivity contribution in [1.29, 1.82) is 0 Å². The minimum absolute atomic E-state index is 0.221. The van der Waals surface area contributed by atoms with Gasteiger partial charge < -0.3 is 20.1 Å². The summed E-state index contributed by atoms with van der Waals surface area (Å²) in [7, 11) is 0. The van der Waals surface area contributed by atoms with Gasteiger partial charge in [0, 0.05) is 31.3 Å². The zero-order valence-electron chi connectivity index (χ0n) is 12.2. The Bertz CT molecular complexity index is 306. The maximum Gasteiger partial charge on any atom is 0.407 e. The average Bonchev–Trinajstić information content (AvgIpc) is 3.01. The number of carbonyl (C=O) groups excluding carboxylic acids is 1. The summed E-state index contributed by atoms with van der Waals surface area (Å²) in [5.74, 6) is 0. The third-order valence-corrected chi connectivity index (χ3v) is 3.39. The van der Waals surface area contributed by atoms with Crippen molar-refractivity contribution in [3.05, 3.63) is 0 Å². The molecule has 2 fully saturated rings. The van der Waals surface area contributed by atoms with Crippen LogP contribution in [0, 0.1) is 0 Å². The van der Waals surface area contributed by atoms with E-state index >= 15 is 0 Å². The predicted octanol–water partition coefficient (Wildman–Crippen LogP) is 1.81. The van der Waals surface area contributed by atoms with Crippen LogP contribution in [0.25, 0.3) is 0 Å². The summed E-state index contributed by atoms with van der Waals surface area (Å²) < 4.78 is 10.7. The van der Waals surface area contributed by atoms with Gasteiger partial charge in [-0.2, -0.15) is 0 Å². The summed E-state index contributed by atoms with van der Waals surface area (Å²) in [6, 6.07) is 1.15. The molecule has 1 saturated carbocycles. The Balaban J connectivity index is 1.65. The Kier molecular flexibility index (Phi) is 4.68. The lowest BCUT2D eigenvalue weighted by Gasteiger charge is -2.20. The molecule has 1 aliphatic heterocycles. The van der Waals surface area contributed by atoms with Crippen molar-refractivity contribution in [3.8, 4) is 0 Å². The van der Waals surface area contributed by atoms with Crippen LogP contribution >= 0.6 is 0 Å². The van der Waals surface area contributed by atoms with Crippen LogP contribution in [0.1, 0.15) is 46.5 Å². The number of amides is 1. The number of hydrogen-bond donors (Lipinski definition) is 2. The molecule has 0 radical (unpaired) electrons. The smallest absolute Gasteiger partial charge is 0.407 e. The highest BCUT2D eigenvalue weighted by Crippen LogP contribution is 2.24. The van der Waals surface area contributed by atoms with Gasteiger partial charge in [-0.3, -0.25) is 0 Å². The van der Waals surface area contributed by atoms with Gasteiger partial charge in [0.1, 0.15) is 5.60 Å². The molecule has 2 N–H and O–H groups in total. The summed E-state index contributed by atoms with van der Waals surface area (Å²) in [4.78, 5) is 11.6. The van der Waals surface area contributed by atoms with E-state index in [0.29, 0.717) is 12.1 Å². The molecule has 0 spiro atoms. The van der Waals surface area contributed by atoms with Crippen molar-refractivity contribution in [2.75, 3.05) is 13.2 Å². The number of ether oxygens (including phenoxy) is 2. The number of nitrogens with one attached hydrogen (secondary N) is 2. The third kappa shape index (κ3) is 5.37. The van der Waals surface area contributed by atoms with Crippen molar-refractivity contribution in [2.45, 2.75) is 70.2 Å². The lowest BCUT2D eigenvalue weighted by atomic mass is 10.1. The Morgan fingerprint density at radius 3 is 2.74 bits per heavy atom. The van der Waals surface area contributed by atoms with E-state index in [-0.39, 0.29) is 12.1 Å². The zero-order chi connectivity index (χ0) is 13.9. The van der Waals surface area contributed by atoms with Crippen LogP contribution in [-0.4, -0.2) is 43.0 Å². The van der Waals surface area contributed by atoms with E-state index in [1.807, 2.05) is 20.8 Å². The van der Waals surface area contributed by atoms with Gasteiger partial charge in [-0.15, -0.1) is 0 Å². The first kappa shape index (κ1) is 14.6. The van der Waals surface area contributed by atoms with E-state index in [0.717, 1.165) is 38.9 Å². The fourth-order valence-corrected chi connectivity index (χ4v) is 2.37. The lowest BCUT2D eigenvalue weighted by molar-refractivity contribution is 0.0521. The normalized spacial score (nSPS) is 31.4. The summed E-state index contributed by atoms with van der Waals surface area (Å²) in [5.41, 5.74) is -0.430. The molecule has 19 heavy (non-hydrogen) atoms. The van der Waals surface area contributed by atoms with Crippen LogP contribution in [0.4, 0.5) is 4.79 Å². The van der Waals surface area contributed by atoms with Crippen molar-refractivity contribution in [1.82, 2.24) is 10.6 Å². The second kappa shape index (κ2) is 6.09. The van der Waals surface area contributed by atoms with Gasteiger partial charge in [0.25, 0.3) is 0 Å². The van der Waals surface area contributed by atoms with Gasteiger partial charge in [0.15, 0.2) is 0 Å². The number of rotatable bonds is 3. The molecule has 0 aromatic heterocycles. The van der Waals surface area contributed by atoms with E-state index < -0.39 is 5.60 Å². The van der Waals surface area contributed by atoms with Crippen molar-refractivity contribution in [3.63, 3.8) is 0 Å². The molecule has 0 aromatic rings. The second-order valence-corrected chi connectivity index (χ2v) is 6.50. The highest BCUT2D eigenvalue weighted by Gasteiger charge is 2.40. The molecule has 5 heteroatoms. The molecule has 1 amide bonds. The van der Waals surface area contributed by atoms with E-state index in [9.17, 15) is 4.79 Å². The first-order chi connectivity index (χ1) is 8.94. The second-order valence-electron chi connectivity index (χ2n) is 6.50. The molecule has 110 valence electrons. The monoisotopic (exact) mass is 270 g/mol. The van der Waals surface area contributed by atoms with Gasteiger partial charge in [-0.05, 0) is 46.5 Å². The molecule has 2 aliphatic rings. The molecule has 2 rings (SSSR count). The zero-order valence-corrected chi connectivity index (χ0v) is 12.2. The summed E-state index contributed by atoms with van der Waals surface area (Å²) in [6.45, 7) is 7.35. The molecule has 5 nitrogen and oxygen atoms in total. The molecule has 3 atom stereocenters. The highest BCUT2D eigenvalue weighted by atomic mass is 16.6. The summed E-state index contributed by atoms with van der Waals surface area (Å²) in [6.07, 6.45) is 4.03. The number of alkyl carbamates (subject to hydrolysis) is 1. The Morgan fingerprint density at radius 2 is 2.00 bits per heavy atom. The van der Waals surface area contributed by atoms with E-state index in [2.05, 4.69) is 10.6 Å². The van der Waals surface area contributed by atoms with E-state index in [1.165, 1.54) is 0 Å². The summed E-state index contributed by atoms with van der Waals surface area (Å²) >= 11 is 0. The first-order valence-corrected chi connectivity index (χ1v) is 7.27. The number of hydrogen-bond acceptors (Lipinski definition) is 4. The quantitative estimate of drug-likeness (QED) is 0.821. The molecule has 0 bridgehead atoms. The van der Waals surface area contributed by atoms with Crippen molar-refractivity contribution in [2.24, 2.45) is 0 Å². The maximum atomic E-state index is 11.6. The summed E-state index contributed by atoms with van der Waals surface area (Å²) in [5, 5.41) is 6.51. The van der Waals surface area contributed by atoms with Crippen LogP contribution in [0.5, 0.6) is 0 Å². The molecule has 0 aromatic carbocycles. The van der Waals surface area contributed by atoms with Crippen LogP contribution < -0.4 is 10.6 Å². The molecule has 1 heterocycles. The Labute approximate surface area is 115 Å². The van der Waals surface area contributed by atoms with Crippen LogP contribution in [0.3, 0.4) is 0 Å². The van der Waals surface area contributed by atoms with Gasteiger partial charge in [0.2, 0.25) is 0 Å². The molecular formula is C14H26N2O3. The molecular weight excluding hydrogens is 244 g/mol. The Hall–Kier alpha value is -0.810. The maximum absolute atomic E-state index is 11.6. The molecule has 1 saturated heterocycles.